The molecule has 1 aromatic rings. The second-order valence-corrected chi connectivity index (χ2v) is 5.88. The fourth-order valence-electron chi connectivity index (χ4n) is 2.03. The number of benzene rings is 1. The van der Waals surface area contributed by atoms with Gasteiger partial charge in [0.2, 0.25) is 0 Å². The highest BCUT2D eigenvalue weighted by Gasteiger charge is 2.76. The maximum absolute atomic E-state index is 13.5. The highest BCUT2D eigenvalue weighted by atomic mass is 19.4. The number of carbonyl (C=O) groups excluding carboxylic acids is 2. The van der Waals surface area contributed by atoms with E-state index in [2.05, 4.69) is 0 Å². The summed E-state index contributed by atoms with van der Waals surface area (Å²) in [6.07, 6.45) is -6.09. The van der Waals surface area contributed by atoms with E-state index in [1.807, 2.05) is 0 Å². The molecular formula is C17H18F7NO3. The minimum atomic E-state index is -6.66. The van der Waals surface area contributed by atoms with Crippen LogP contribution in [0.15, 0.2) is 30.3 Å². The molecule has 0 aromatic heterocycles. The first-order valence-electron chi connectivity index (χ1n) is 8.18. The Labute approximate surface area is 156 Å². The van der Waals surface area contributed by atoms with Crippen molar-refractivity contribution in [3.05, 3.63) is 35.9 Å². The van der Waals surface area contributed by atoms with Crippen LogP contribution in [-0.4, -0.2) is 42.5 Å². The molecule has 0 spiro atoms. The lowest BCUT2D eigenvalue weighted by molar-refractivity contribution is -0.344. The highest BCUT2D eigenvalue weighted by Crippen LogP contribution is 2.46. The number of rotatable bonds is 9. The molecule has 1 N–H and O–H groups in total. The molecule has 0 aliphatic heterocycles. The van der Waals surface area contributed by atoms with E-state index < -0.39 is 42.4 Å². The van der Waals surface area contributed by atoms with Gasteiger partial charge in [-0.05, 0) is 12.0 Å². The van der Waals surface area contributed by atoms with E-state index in [0.717, 1.165) is 0 Å². The van der Waals surface area contributed by atoms with Crippen LogP contribution in [0.1, 0.15) is 25.3 Å². The molecule has 1 unspecified atom stereocenters. The molecule has 0 aliphatic rings. The number of amides is 1. The van der Waals surface area contributed by atoms with Crippen molar-refractivity contribution < 1.29 is 45.1 Å². The third kappa shape index (κ3) is 5.59. The van der Waals surface area contributed by atoms with Gasteiger partial charge in [0.05, 0.1) is 6.61 Å². The molecule has 0 saturated carbocycles. The first-order valence-corrected chi connectivity index (χ1v) is 8.18. The molecule has 1 amide bonds. The van der Waals surface area contributed by atoms with Gasteiger partial charge in [-0.1, -0.05) is 43.7 Å². The minimum Gasteiger partial charge on any atom is -0.464 e. The predicted molar refractivity (Wildman–Crippen MR) is 83.9 cm³/mol. The molecule has 0 radical (unpaired) electrons. The number of hydrogen-bond donors (Lipinski definition) is 1. The Hall–Kier alpha value is -2.33. The summed E-state index contributed by atoms with van der Waals surface area (Å²) in [4.78, 5) is 23.6. The zero-order valence-electron chi connectivity index (χ0n) is 14.7. The smallest absolute Gasteiger partial charge is 0.460 e. The molecule has 0 aliphatic carbocycles. The van der Waals surface area contributed by atoms with Gasteiger partial charge in [-0.25, -0.2) is 4.79 Å². The van der Waals surface area contributed by atoms with Gasteiger partial charge >= 0.3 is 24.0 Å². The highest BCUT2D eigenvalue weighted by molar-refractivity contribution is 5.89. The summed E-state index contributed by atoms with van der Waals surface area (Å²) in [5.41, 5.74) is 0.339. The number of ether oxygens (including phenoxy) is 1. The lowest BCUT2D eigenvalue weighted by Gasteiger charge is -2.28. The maximum atomic E-state index is 13.5. The van der Waals surface area contributed by atoms with Gasteiger partial charge in [0.1, 0.15) is 6.04 Å². The summed E-state index contributed by atoms with van der Waals surface area (Å²) in [6, 6.07) is 5.64. The topological polar surface area (TPSA) is 55.4 Å². The van der Waals surface area contributed by atoms with Crippen LogP contribution in [0.4, 0.5) is 30.7 Å². The number of nitrogens with one attached hydrogen (secondary N) is 1. The molecule has 1 rings (SSSR count). The Morgan fingerprint density at radius 1 is 1.04 bits per heavy atom. The largest absolute Gasteiger partial charge is 0.464 e. The minimum absolute atomic E-state index is 0.133. The average molecular weight is 417 g/mol. The van der Waals surface area contributed by atoms with Crippen molar-refractivity contribution in [3.8, 4) is 0 Å². The van der Waals surface area contributed by atoms with Crippen LogP contribution in [0.3, 0.4) is 0 Å². The molecule has 0 bridgehead atoms. The Morgan fingerprint density at radius 2 is 1.61 bits per heavy atom. The zero-order chi connectivity index (χ0) is 21.6. The number of carbonyl (C=O) groups is 2. The van der Waals surface area contributed by atoms with Gasteiger partial charge in [0, 0.05) is 6.42 Å². The zero-order valence-corrected chi connectivity index (χ0v) is 14.7. The van der Waals surface area contributed by atoms with Gasteiger partial charge in [-0.2, -0.15) is 30.7 Å². The van der Waals surface area contributed by atoms with E-state index in [9.17, 15) is 40.3 Å². The van der Waals surface area contributed by atoms with Crippen LogP contribution < -0.4 is 5.32 Å². The van der Waals surface area contributed by atoms with Crippen molar-refractivity contribution in [2.45, 2.75) is 50.2 Å². The molecule has 11 heteroatoms. The summed E-state index contributed by atoms with van der Waals surface area (Å²) in [7, 11) is 0. The van der Waals surface area contributed by atoms with Gasteiger partial charge in [-0.15, -0.1) is 0 Å². The van der Waals surface area contributed by atoms with Gasteiger partial charge < -0.3 is 10.1 Å². The van der Waals surface area contributed by atoms with Gasteiger partial charge in [0.15, 0.2) is 0 Å². The molecule has 4 nitrogen and oxygen atoms in total. The molecule has 28 heavy (non-hydrogen) atoms. The second kappa shape index (κ2) is 9.24. The molecule has 0 fully saturated rings. The Balaban J connectivity index is 3.03. The summed E-state index contributed by atoms with van der Waals surface area (Å²) in [5.74, 6) is -16.9. The summed E-state index contributed by atoms with van der Waals surface area (Å²) in [5, 5.41) is 1.27. The lowest BCUT2D eigenvalue weighted by Crippen LogP contribution is -2.61. The standard InChI is InChI=1S/C17H18F7NO3/c1-2-3-9-28-13(26)12(10-11-7-5-4-6-8-11)25-14(27)15(18,19)16(20,21)17(22,23)24/h4-8,12H,2-3,9-10H2,1H3,(H,25,27). The SMILES string of the molecule is CCCCOC(=O)C(Cc1ccccc1)NC(=O)C(F)(F)C(F)(F)C(F)(F)F. The van der Waals surface area contributed by atoms with E-state index >= 15 is 0 Å². The molecule has 1 atom stereocenters. The van der Waals surface area contributed by atoms with Crippen LogP contribution in [0.2, 0.25) is 0 Å². The average Bonchev–Trinajstić information content (AvgIpc) is 2.60. The van der Waals surface area contributed by atoms with Crippen LogP contribution in [0.25, 0.3) is 0 Å². The normalized spacial score (nSPS) is 13.7. The Morgan fingerprint density at radius 3 is 2.11 bits per heavy atom. The number of esters is 1. The Bertz CT molecular complexity index is 662. The third-order valence-corrected chi connectivity index (χ3v) is 3.65. The molecule has 0 saturated heterocycles. The first kappa shape index (κ1) is 23.7. The monoisotopic (exact) mass is 417 g/mol. The van der Waals surface area contributed by atoms with Crippen molar-refractivity contribution in [1.29, 1.82) is 0 Å². The molecule has 0 heterocycles. The van der Waals surface area contributed by atoms with E-state index in [-0.39, 0.29) is 6.61 Å². The lowest BCUT2D eigenvalue weighted by atomic mass is 10.0. The third-order valence-electron chi connectivity index (χ3n) is 3.65. The van der Waals surface area contributed by atoms with E-state index in [0.29, 0.717) is 18.4 Å². The predicted octanol–water partition coefficient (Wildman–Crippen LogP) is 3.89. The number of unbranched alkanes of at least 4 members (excludes halogenated alkanes) is 1. The summed E-state index contributed by atoms with van der Waals surface area (Å²) >= 11 is 0. The van der Waals surface area contributed by atoms with E-state index in [4.69, 9.17) is 4.74 Å². The van der Waals surface area contributed by atoms with Crippen LogP contribution in [0.5, 0.6) is 0 Å². The molecule has 158 valence electrons. The summed E-state index contributed by atoms with van der Waals surface area (Å²) < 4.78 is 94.6. The summed E-state index contributed by atoms with van der Waals surface area (Å²) in [6.45, 7) is 1.63. The van der Waals surface area contributed by atoms with Crippen molar-refractivity contribution in [2.24, 2.45) is 0 Å². The number of alkyl halides is 7. The fourth-order valence-corrected chi connectivity index (χ4v) is 2.03. The van der Waals surface area contributed by atoms with Gasteiger partial charge in [-0.3, -0.25) is 4.79 Å². The second-order valence-electron chi connectivity index (χ2n) is 5.88. The van der Waals surface area contributed by atoms with Gasteiger partial charge in [0.25, 0.3) is 5.91 Å². The van der Waals surface area contributed by atoms with Crippen molar-refractivity contribution in [2.75, 3.05) is 6.61 Å². The first-order chi connectivity index (χ1) is 12.8. The van der Waals surface area contributed by atoms with Crippen LogP contribution in [0, 0.1) is 0 Å². The molecular weight excluding hydrogens is 399 g/mol. The number of hydrogen-bond acceptors (Lipinski definition) is 3. The van der Waals surface area contributed by atoms with E-state index in [1.165, 1.54) is 29.6 Å². The van der Waals surface area contributed by atoms with E-state index in [1.54, 1.807) is 13.0 Å². The fraction of sp³-hybridized carbons (Fsp3) is 0.529. The van der Waals surface area contributed by atoms with Crippen molar-refractivity contribution in [3.63, 3.8) is 0 Å². The quantitative estimate of drug-likeness (QED) is 0.377. The van der Waals surface area contributed by atoms with Crippen molar-refractivity contribution in [1.82, 2.24) is 5.32 Å². The Kier molecular flexibility index (Phi) is 7.83. The molecule has 1 aromatic carbocycles. The van der Waals surface area contributed by atoms with Crippen LogP contribution in [-0.2, 0) is 20.7 Å². The van der Waals surface area contributed by atoms with Crippen molar-refractivity contribution >= 4 is 11.9 Å². The number of halogens is 7. The maximum Gasteiger partial charge on any atom is 0.460 e. The van der Waals surface area contributed by atoms with Crippen LogP contribution >= 0.6 is 0 Å².